The maximum atomic E-state index is 12.4. The van der Waals surface area contributed by atoms with Crippen molar-refractivity contribution in [3.8, 4) is 0 Å². The molecule has 0 saturated carbocycles. The minimum Gasteiger partial charge on any atom is -0.388 e. The van der Waals surface area contributed by atoms with E-state index in [2.05, 4.69) is 0 Å². The number of nitrogens with one attached hydrogen (secondary N) is 1. The number of hydrogen-bond donors (Lipinski definition) is 2. The van der Waals surface area contributed by atoms with Crippen molar-refractivity contribution in [1.82, 2.24) is 4.31 Å². The van der Waals surface area contributed by atoms with E-state index in [0.717, 1.165) is 5.56 Å². The molecule has 0 spiro atoms. The van der Waals surface area contributed by atoms with Crippen LogP contribution in [0, 0.1) is 5.41 Å². The highest BCUT2D eigenvalue weighted by Crippen LogP contribution is 2.11. The summed E-state index contributed by atoms with van der Waals surface area (Å²) in [7, 11) is -3.33. The third-order valence-corrected chi connectivity index (χ3v) is 5.07. The second kappa shape index (κ2) is 7.40. The molecule has 1 aromatic carbocycles. The van der Waals surface area contributed by atoms with E-state index in [0.29, 0.717) is 6.42 Å². The van der Waals surface area contributed by atoms with Crippen molar-refractivity contribution in [2.24, 2.45) is 5.73 Å². The highest BCUT2D eigenvalue weighted by molar-refractivity contribution is 7.89. The van der Waals surface area contributed by atoms with Crippen molar-refractivity contribution >= 4 is 15.9 Å². The van der Waals surface area contributed by atoms with Crippen LogP contribution in [0.25, 0.3) is 0 Å². The number of nitrogens with two attached hydrogens (primary N) is 1. The lowest BCUT2D eigenvalue weighted by molar-refractivity contribution is 0.361. The quantitative estimate of drug-likeness (QED) is 0.564. The maximum absolute atomic E-state index is 12.4. The number of aryl methyl sites for hydroxylation is 1. The zero-order valence-corrected chi connectivity index (χ0v) is 12.9. The molecule has 3 N–H and O–H groups in total. The van der Waals surface area contributed by atoms with Crippen molar-refractivity contribution < 1.29 is 8.42 Å². The first kappa shape index (κ1) is 16.7. The SMILES string of the molecule is CC(C)N(CCC(=N)N)S(=O)(=O)CCc1ccccc1. The van der Waals surface area contributed by atoms with Gasteiger partial charge in [-0.3, -0.25) is 5.41 Å². The second-order valence-electron chi connectivity index (χ2n) is 5.03. The fourth-order valence-corrected chi connectivity index (χ4v) is 3.70. The third kappa shape index (κ3) is 5.30. The van der Waals surface area contributed by atoms with Gasteiger partial charge in [0.25, 0.3) is 0 Å². The molecular weight excluding hydrogens is 274 g/mol. The molecule has 112 valence electrons. The number of nitrogens with zero attached hydrogens (tertiary/aromatic N) is 1. The van der Waals surface area contributed by atoms with Gasteiger partial charge in [-0.25, -0.2) is 8.42 Å². The normalized spacial score (nSPS) is 12.0. The van der Waals surface area contributed by atoms with Crippen LogP contribution >= 0.6 is 0 Å². The molecule has 5 nitrogen and oxygen atoms in total. The van der Waals surface area contributed by atoms with Crippen LogP contribution < -0.4 is 5.73 Å². The van der Waals surface area contributed by atoms with Gasteiger partial charge in [0.1, 0.15) is 0 Å². The molecule has 0 aliphatic heterocycles. The third-order valence-electron chi connectivity index (χ3n) is 3.03. The van der Waals surface area contributed by atoms with E-state index >= 15 is 0 Å². The van der Waals surface area contributed by atoms with Crippen molar-refractivity contribution in [2.75, 3.05) is 12.3 Å². The molecule has 0 heterocycles. The first-order valence-electron chi connectivity index (χ1n) is 6.69. The van der Waals surface area contributed by atoms with E-state index < -0.39 is 10.0 Å². The molecular formula is C14H23N3O2S. The van der Waals surface area contributed by atoms with E-state index in [1.807, 2.05) is 44.2 Å². The van der Waals surface area contributed by atoms with Gasteiger partial charge in [-0.15, -0.1) is 0 Å². The lowest BCUT2D eigenvalue weighted by Crippen LogP contribution is -2.40. The molecule has 0 aromatic heterocycles. The summed E-state index contributed by atoms with van der Waals surface area (Å²) in [5, 5.41) is 7.23. The largest absolute Gasteiger partial charge is 0.388 e. The van der Waals surface area contributed by atoms with E-state index in [4.69, 9.17) is 11.1 Å². The number of amidine groups is 1. The molecule has 6 heteroatoms. The smallest absolute Gasteiger partial charge is 0.214 e. The van der Waals surface area contributed by atoms with Crippen LogP contribution in [0.3, 0.4) is 0 Å². The van der Waals surface area contributed by atoms with Gasteiger partial charge < -0.3 is 5.73 Å². The van der Waals surface area contributed by atoms with E-state index in [9.17, 15) is 8.42 Å². The fourth-order valence-electron chi connectivity index (χ4n) is 1.96. The molecule has 0 unspecified atom stereocenters. The average Bonchev–Trinajstić information content (AvgIpc) is 2.37. The van der Waals surface area contributed by atoms with Crippen LogP contribution in [0.5, 0.6) is 0 Å². The molecule has 0 saturated heterocycles. The number of rotatable bonds is 8. The Labute approximate surface area is 121 Å². The molecule has 20 heavy (non-hydrogen) atoms. The van der Waals surface area contributed by atoms with Gasteiger partial charge in [-0.05, 0) is 25.8 Å². The molecule has 0 bridgehead atoms. The first-order valence-corrected chi connectivity index (χ1v) is 8.30. The molecule has 0 aliphatic carbocycles. The topological polar surface area (TPSA) is 87.2 Å². The molecule has 1 rings (SSSR count). The summed E-state index contributed by atoms with van der Waals surface area (Å²) >= 11 is 0. The summed E-state index contributed by atoms with van der Waals surface area (Å²) < 4.78 is 26.2. The van der Waals surface area contributed by atoms with Crippen molar-refractivity contribution in [2.45, 2.75) is 32.7 Å². The summed E-state index contributed by atoms with van der Waals surface area (Å²) in [5.74, 6) is 0.0847. The summed E-state index contributed by atoms with van der Waals surface area (Å²) in [6, 6.07) is 9.42. The lowest BCUT2D eigenvalue weighted by Gasteiger charge is -2.25. The summed E-state index contributed by atoms with van der Waals surface area (Å²) in [4.78, 5) is 0. The summed E-state index contributed by atoms with van der Waals surface area (Å²) in [5.41, 5.74) is 6.32. The Morgan fingerprint density at radius 1 is 1.30 bits per heavy atom. The predicted molar refractivity (Wildman–Crippen MR) is 82.3 cm³/mol. The molecule has 0 amide bonds. The van der Waals surface area contributed by atoms with Gasteiger partial charge in [0.15, 0.2) is 0 Å². The number of benzene rings is 1. The molecule has 0 aliphatic rings. The zero-order valence-electron chi connectivity index (χ0n) is 12.0. The van der Waals surface area contributed by atoms with E-state index in [1.165, 1.54) is 4.31 Å². The average molecular weight is 297 g/mol. The second-order valence-corrected chi connectivity index (χ2v) is 7.07. The molecule has 0 radical (unpaired) electrons. The van der Waals surface area contributed by atoms with Crippen LogP contribution in [0.1, 0.15) is 25.8 Å². The van der Waals surface area contributed by atoms with Gasteiger partial charge >= 0.3 is 0 Å². The Kier molecular flexibility index (Phi) is 6.16. The van der Waals surface area contributed by atoms with Crippen LogP contribution in [-0.2, 0) is 16.4 Å². The number of sulfonamides is 1. The van der Waals surface area contributed by atoms with Crippen LogP contribution in [0.2, 0.25) is 0 Å². The van der Waals surface area contributed by atoms with Crippen molar-refractivity contribution in [3.63, 3.8) is 0 Å². The predicted octanol–water partition coefficient (Wildman–Crippen LogP) is 1.60. The van der Waals surface area contributed by atoms with Gasteiger partial charge in [-0.2, -0.15) is 4.31 Å². The number of hydrogen-bond acceptors (Lipinski definition) is 3. The lowest BCUT2D eigenvalue weighted by atomic mass is 10.2. The van der Waals surface area contributed by atoms with E-state index in [1.54, 1.807) is 0 Å². The first-order chi connectivity index (χ1) is 9.33. The minimum atomic E-state index is -3.33. The monoisotopic (exact) mass is 297 g/mol. The van der Waals surface area contributed by atoms with Crippen LogP contribution in [0.4, 0.5) is 0 Å². The maximum Gasteiger partial charge on any atom is 0.214 e. The minimum absolute atomic E-state index is 0.00825. The Morgan fingerprint density at radius 2 is 1.90 bits per heavy atom. The Hall–Kier alpha value is -1.40. The van der Waals surface area contributed by atoms with Gasteiger partial charge in [0.05, 0.1) is 11.6 Å². The Morgan fingerprint density at radius 3 is 2.40 bits per heavy atom. The highest BCUT2D eigenvalue weighted by Gasteiger charge is 2.24. The van der Waals surface area contributed by atoms with Crippen LogP contribution in [-0.4, -0.2) is 36.9 Å². The van der Waals surface area contributed by atoms with Crippen LogP contribution in [0.15, 0.2) is 30.3 Å². The van der Waals surface area contributed by atoms with Gasteiger partial charge in [0.2, 0.25) is 10.0 Å². The zero-order chi connectivity index (χ0) is 15.2. The summed E-state index contributed by atoms with van der Waals surface area (Å²) in [6.07, 6.45) is 0.759. The Balaban J connectivity index is 2.70. The molecule has 1 aromatic rings. The van der Waals surface area contributed by atoms with Crippen molar-refractivity contribution in [1.29, 1.82) is 5.41 Å². The van der Waals surface area contributed by atoms with Gasteiger partial charge in [-0.1, -0.05) is 30.3 Å². The van der Waals surface area contributed by atoms with Gasteiger partial charge in [0, 0.05) is 19.0 Å². The highest BCUT2D eigenvalue weighted by atomic mass is 32.2. The van der Waals surface area contributed by atoms with Crippen molar-refractivity contribution in [3.05, 3.63) is 35.9 Å². The molecule has 0 fully saturated rings. The molecule has 0 atom stereocenters. The standard InChI is InChI=1S/C14H23N3O2S/c1-12(2)17(10-8-14(15)16)20(18,19)11-9-13-6-4-3-5-7-13/h3-7,12H,8-11H2,1-2H3,(H3,15,16). The fraction of sp³-hybridized carbons (Fsp3) is 0.500. The van der Waals surface area contributed by atoms with E-state index in [-0.39, 0.29) is 30.6 Å². The Bertz CT molecular complexity index is 527. The summed E-state index contributed by atoms with van der Waals surface area (Å²) in [6.45, 7) is 3.94.